The zero-order chi connectivity index (χ0) is 17.7. The normalized spacial score (nSPS) is 15.9. The van der Waals surface area contributed by atoms with E-state index in [1.165, 1.54) is 0 Å². The molecule has 0 unspecified atom stereocenters. The smallest absolute Gasteiger partial charge is 0.407 e. The van der Waals surface area contributed by atoms with Gasteiger partial charge >= 0.3 is 6.09 Å². The fourth-order valence-corrected chi connectivity index (χ4v) is 2.83. The summed E-state index contributed by atoms with van der Waals surface area (Å²) in [5.74, 6) is 0.153. The highest BCUT2D eigenvalue weighted by Crippen LogP contribution is 2.15. The second kappa shape index (κ2) is 7.69. The van der Waals surface area contributed by atoms with Crippen LogP contribution in [0.25, 0.3) is 0 Å². The Hall–Kier alpha value is -2.04. The van der Waals surface area contributed by atoms with Gasteiger partial charge in [0.25, 0.3) is 0 Å². The molecule has 2 amide bonds. The topological polar surface area (TPSA) is 58.6 Å². The minimum absolute atomic E-state index is 0.0716. The van der Waals surface area contributed by atoms with Gasteiger partial charge in [-0.2, -0.15) is 0 Å². The van der Waals surface area contributed by atoms with Crippen molar-refractivity contribution in [2.45, 2.75) is 58.6 Å². The van der Waals surface area contributed by atoms with E-state index < -0.39 is 5.60 Å². The van der Waals surface area contributed by atoms with E-state index in [2.05, 4.69) is 5.32 Å². The highest BCUT2D eigenvalue weighted by atomic mass is 16.6. The molecule has 5 nitrogen and oxygen atoms in total. The molecule has 1 aromatic rings. The number of carbonyl (C=O) groups is 2. The standard InChI is InChI=1S/C19H28N2O3/c1-14-7-5-6-8-15(14)13-17(22)21-11-9-16(10-12-21)20-18(23)24-19(2,3)4/h5-8,16H,9-13H2,1-4H3,(H,20,23). The summed E-state index contributed by atoms with van der Waals surface area (Å²) in [6.07, 6.45) is 1.58. The largest absolute Gasteiger partial charge is 0.444 e. The molecule has 0 aliphatic carbocycles. The SMILES string of the molecule is Cc1ccccc1CC(=O)N1CCC(NC(=O)OC(C)(C)C)CC1. The number of likely N-dealkylation sites (tertiary alicyclic amines) is 1. The number of rotatable bonds is 3. The van der Waals surface area contributed by atoms with Crippen molar-refractivity contribution in [2.75, 3.05) is 13.1 Å². The van der Waals surface area contributed by atoms with Crippen molar-refractivity contribution in [1.82, 2.24) is 10.2 Å². The van der Waals surface area contributed by atoms with E-state index in [0.717, 1.165) is 24.0 Å². The highest BCUT2D eigenvalue weighted by Gasteiger charge is 2.25. The van der Waals surface area contributed by atoms with Crippen LogP contribution in [0, 0.1) is 6.92 Å². The fraction of sp³-hybridized carbons (Fsp3) is 0.579. The average Bonchev–Trinajstić information content (AvgIpc) is 2.48. The molecule has 1 aromatic carbocycles. The molecule has 132 valence electrons. The van der Waals surface area contributed by atoms with Crippen LogP contribution in [0.3, 0.4) is 0 Å². The lowest BCUT2D eigenvalue weighted by Gasteiger charge is -2.33. The van der Waals surface area contributed by atoms with E-state index in [0.29, 0.717) is 19.5 Å². The number of nitrogens with one attached hydrogen (secondary N) is 1. The molecule has 0 spiro atoms. The number of hydrogen-bond acceptors (Lipinski definition) is 3. The van der Waals surface area contributed by atoms with Gasteiger partial charge in [0.1, 0.15) is 5.60 Å². The van der Waals surface area contributed by atoms with Crippen molar-refractivity contribution >= 4 is 12.0 Å². The summed E-state index contributed by atoms with van der Waals surface area (Å²) < 4.78 is 5.28. The van der Waals surface area contributed by atoms with Crippen LogP contribution in [0.2, 0.25) is 0 Å². The second-order valence-electron chi connectivity index (χ2n) is 7.40. The summed E-state index contributed by atoms with van der Waals surface area (Å²) in [4.78, 5) is 26.1. The van der Waals surface area contributed by atoms with E-state index in [4.69, 9.17) is 4.74 Å². The van der Waals surface area contributed by atoms with Gasteiger partial charge in [-0.25, -0.2) is 4.79 Å². The van der Waals surface area contributed by atoms with E-state index in [-0.39, 0.29) is 18.0 Å². The molecule has 1 saturated heterocycles. The van der Waals surface area contributed by atoms with Crippen LogP contribution in [-0.4, -0.2) is 41.6 Å². The van der Waals surface area contributed by atoms with Gasteiger partial charge in [-0.1, -0.05) is 24.3 Å². The maximum absolute atomic E-state index is 12.5. The minimum atomic E-state index is -0.492. The van der Waals surface area contributed by atoms with Crippen molar-refractivity contribution in [1.29, 1.82) is 0 Å². The predicted molar refractivity (Wildman–Crippen MR) is 93.9 cm³/mol. The van der Waals surface area contributed by atoms with Crippen molar-refractivity contribution in [2.24, 2.45) is 0 Å². The van der Waals surface area contributed by atoms with Gasteiger partial charge in [0.2, 0.25) is 5.91 Å². The monoisotopic (exact) mass is 332 g/mol. The van der Waals surface area contributed by atoms with Crippen molar-refractivity contribution < 1.29 is 14.3 Å². The molecule has 1 heterocycles. The first-order valence-corrected chi connectivity index (χ1v) is 8.56. The first-order valence-electron chi connectivity index (χ1n) is 8.56. The predicted octanol–water partition coefficient (Wildman–Crippen LogP) is 3.05. The Morgan fingerprint density at radius 3 is 2.42 bits per heavy atom. The summed E-state index contributed by atoms with van der Waals surface area (Å²) in [5.41, 5.74) is 1.73. The lowest BCUT2D eigenvalue weighted by Crippen LogP contribution is -2.48. The first kappa shape index (κ1) is 18.3. The van der Waals surface area contributed by atoms with Gasteiger partial charge in [-0.15, -0.1) is 0 Å². The molecule has 1 aliphatic heterocycles. The Morgan fingerprint density at radius 1 is 1.21 bits per heavy atom. The molecule has 0 saturated carbocycles. The fourth-order valence-electron chi connectivity index (χ4n) is 2.83. The molecule has 1 aliphatic rings. The molecule has 1 fully saturated rings. The number of aryl methyl sites for hydroxylation is 1. The number of piperidine rings is 1. The van der Waals surface area contributed by atoms with Crippen LogP contribution in [0.5, 0.6) is 0 Å². The Balaban J connectivity index is 1.79. The van der Waals surface area contributed by atoms with Crippen LogP contribution in [-0.2, 0) is 16.0 Å². The quantitative estimate of drug-likeness (QED) is 0.925. The van der Waals surface area contributed by atoms with Crippen LogP contribution in [0.4, 0.5) is 4.79 Å². The van der Waals surface area contributed by atoms with Gasteiger partial charge in [0, 0.05) is 19.1 Å². The Morgan fingerprint density at radius 2 is 1.83 bits per heavy atom. The summed E-state index contributed by atoms with van der Waals surface area (Å²) in [5, 5.41) is 2.89. The number of nitrogens with zero attached hydrogens (tertiary/aromatic N) is 1. The molecule has 2 rings (SSSR count). The Kier molecular flexibility index (Phi) is 5.86. The summed E-state index contributed by atoms with van der Waals surface area (Å²) in [6, 6.07) is 8.05. The summed E-state index contributed by atoms with van der Waals surface area (Å²) >= 11 is 0. The molecular weight excluding hydrogens is 304 g/mol. The van der Waals surface area contributed by atoms with Crippen LogP contribution >= 0.6 is 0 Å². The molecule has 0 radical (unpaired) electrons. The van der Waals surface area contributed by atoms with Crippen molar-refractivity contribution in [3.63, 3.8) is 0 Å². The Bertz CT molecular complexity index is 585. The second-order valence-corrected chi connectivity index (χ2v) is 7.40. The van der Waals surface area contributed by atoms with E-state index >= 15 is 0 Å². The van der Waals surface area contributed by atoms with Crippen molar-refractivity contribution in [3.05, 3.63) is 35.4 Å². The number of ether oxygens (including phenoxy) is 1. The van der Waals surface area contributed by atoms with Gasteiger partial charge in [0.15, 0.2) is 0 Å². The maximum atomic E-state index is 12.5. The molecule has 1 N–H and O–H groups in total. The lowest BCUT2D eigenvalue weighted by atomic mass is 10.0. The van der Waals surface area contributed by atoms with Crippen molar-refractivity contribution in [3.8, 4) is 0 Å². The highest BCUT2D eigenvalue weighted by molar-refractivity contribution is 5.79. The molecular formula is C19H28N2O3. The third kappa shape index (κ3) is 5.55. The van der Waals surface area contributed by atoms with E-state index in [1.807, 2.05) is 56.9 Å². The number of hydrogen-bond donors (Lipinski definition) is 1. The zero-order valence-corrected chi connectivity index (χ0v) is 15.1. The molecule has 24 heavy (non-hydrogen) atoms. The van der Waals surface area contributed by atoms with Crippen LogP contribution in [0.1, 0.15) is 44.7 Å². The molecule has 0 atom stereocenters. The third-order valence-corrected chi connectivity index (χ3v) is 4.17. The Labute approximate surface area is 144 Å². The number of amides is 2. The van der Waals surface area contributed by atoms with Gasteiger partial charge in [0.05, 0.1) is 6.42 Å². The van der Waals surface area contributed by atoms with E-state index in [9.17, 15) is 9.59 Å². The summed E-state index contributed by atoms with van der Waals surface area (Å²) in [7, 11) is 0. The molecule has 0 aromatic heterocycles. The zero-order valence-electron chi connectivity index (χ0n) is 15.1. The van der Waals surface area contributed by atoms with Gasteiger partial charge < -0.3 is 15.0 Å². The number of carbonyl (C=O) groups excluding carboxylic acids is 2. The first-order chi connectivity index (χ1) is 11.2. The lowest BCUT2D eigenvalue weighted by molar-refractivity contribution is -0.131. The average molecular weight is 332 g/mol. The number of alkyl carbamates (subject to hydrolysis) is 1. The molecule has 0 bridgehead atoms. The minimum Gasteiger partial charge on any atom is -0.444 e. The maximum Gasteiger partial charge on any atom is 0.407 e. The van der Waals surface area contributed by atoms with Crippen LogP contribution < -0.4 is 5.32 Å². The third-order valence-electron chi connectivity index (χ3n) is 4.17. The summed E-state index contributed by atoms with van der Waals surface area (Å²) in [6.45, 7) is 8.91. The van der Waals surface area contributed by atoms with Gasteiger partial charge in [-0.05, 0) is 51.7 Å². The van der Waals surface area contributed by atoms with Crippen LogP contribution in [0.15, 0.2) is 24.3 Å². The molecule has 5 heteroatoms. The number of benzene rings is 1. The van der Waals surface area contributed by atoms with E-state index in [1.54, 1.807) is 0 Å². The van der Waals surface area contributed by atoms with Gasteiger partial charge in [-0.3, -0.25) is 4.79 Å².